The van der Waals surface area contributed by atoms with E-state index in [1.54, 1.807) is 6.20 Å². The zero-order valence-corrected chi connectivity index (χ0v) is 21.3. The maximum absolute atomic E-state index is 5.93. The number of halogens is 1. The highest BCUT2D eigenvalue weighted by Crippen LogP contribution is 2.22. The van der Waals surface area contributed by atoms with Crippen molar-refractivity contribution in [1.29, 1.82) is 0 Å². The Morgan fingerprint density at radius 2 is 1.93 bits per heavy atom. The molecule has 8 heteroatoms. The second-order valence-corrected chi connectivity index (χ2v) is 8.18. The monoisotopic (exact) mass is 529 g/mol. The largest absolute Gasteiger partial charge is 0.492 e. The van der Waals surface area contributed by atoms with Crippen LogP contribution in [0.5, 0.6) is 5.75 Å². The molecule has 7 nitrogen and oxygen atoms in total. The molecule has 0 saturated heterocycles. The average molecular weight is 529 g/mol. The zero-order valence-electron chi connectivity index (χ0n) is 19.0. The van der Waals surface area contributed by atoms with Crippen molar-refractivity contribution in [2.75, 3.05) is 33.8 Å². The maximum Gasteiger partial charge on any atom is 0.213 e. The summed E-state index contributed by atoms with van der Waals surface area (Å²) in [5, 5.41) is 6.54. The van der Waals surface area contributed by atoms with Gasteiger partial charge in [0.05, 0.1) is 19.3 Å². The van der Waals surface area contributed by atoms with E-state index in [0.29, 0.717) is 31.5 Å². The van der Waals surface area contributed by atoms with E-state index >= 15 is 0 Å². The summed E-state index contributed by atoms with van der Waals surface area (Å²) in [6.45, 7) is 11.6. The first kappa shape index (κ1) is 26.2. The van der Waals surface area contributed by atoms with Gasteiger partial charge in [-0.3, -0.25) is 0 Å². The summed E-state index contributed by atoms with van der Waals surface area (Å²) in [5.74, 6) is 3.11. The third-order valence-electron chi connectivity index (χ3n) is 4.22. The molecule has 2 rings (SSSR count). The minimum absolute atomic E-state index is 0. The van der Waals surface area contributed by atoms with Crippen LogP contribution in [-0.4, -0.2) is 49.6 Å². The second kappa shape index (κ2) is 12.8. The molecule has 2 aromatic rings. The number of hydrogen-bond acceptors (Lipinski definition) is 5. The Balaban J connectivity index is 0.00000450. The lowest BCUT2D eigenvalue weighted by Crippen LogP contribution is -2.36. The van der Waals surface area contributed by atoms with Crippen molar-refractivity contribution in [3.8, 4) is 5.75 Å². The Labute approximate surface area is 197 Å². The molecule has 1 heterocycles. The lowest BCUT2D eigenvalue weighted by Gasteiger charge is -2.14. The van der Waals surface area contributed by atoms with Crippen LogP contribution in [-0.2, 0) is 18.5 Å². The second-order valence-electron chi connectivity index (χ2n) is 8.18. The number of rotatable bonds is 9. The van der Waals surface area contributed by atoms with Gasteiger partial charge in [-0.1, -0.05) is 39.0 Å². The molecule has 0 aliphatic heterocycles. The molecular formula is C22H36IN5O2. The number of ether oxygens (including phenoxy) is 1. The van der Waals surface area contributed by atoms with Crippen LogP contribution >= 0.6 is 24.0 Å². The molecule has 0 spiro atoms. The van der Waals surface area contributed by atoms with E-state index in [-0.39, 0.29) is 29.4 Å². The van der Waals surface area contributed by atoms with Gasteiger partial charge in [-0.25, -0.2) is 9.98 Å². The van der Waals surface area contributed by atoms with Crippen molar-refractivity contribution in [3.05, 3.63) is 47.7 Å². The predicted octanol–water partition coefficient (Wildman–Crippen LogP) is 3.79. The summed E-state index contributed by atoms with van der Waals surface area (Å²) in [5.41, 5.74) is 0.995. The lowest BCUT2D eigenvalue weighted by molar-refractivity contribution is 0.259. The van der Waals surface area contributed by atoms with Gasteiger partial charge in [0.1, 0.15) is 18.1 Å². The Morgan fingerprint density at radius 1 is 1.20 bits per heavy atom. The van der Waals surface area contributed by atoms with E-state index in [2.05, 4.69) is 41.3 Å². The molecule has 0 fully saturated rings. The van der Waals surface area contributed by atoms with Gasteiger partial charge < -0.3 is 24.7 Å². The first-order valence-corrected chi connectivity index (χ1v) is 10.1. The number of guanidine groups is 1. The minimum Gasteiger partial charge on any atom is -0.492 e. The number of hydrogen-bond donors (Lipinski definition) is 2. The van der Waals surface area contributed by atoms with Crippen LogP contribution in [0, 0.1) is 0 Å². The molecule has 0 unspecified atom stereocenters. The van der Waals surface area contributed by atoms with Crippen LogP contribution in [0.25, 0.3) is 0 Å². The highest BCUT2D eigenvalue weighted by Gasteiger charge is 2.19. The number of likely N-dealkylation sites (N-methyl/N-ethyl adjacent to an activating group) is 1. The van der Waals surface area contributed by atoms with Crippen LogP contribution in [0.1, 0.15) is 44.9 Å². The Morgan fingerprint density at radius 3 is 2.57 bits per heavy atom. The van der Waals surface area contributed by atoms with Gasteiger partial charge in [-0.05, 0) is 27.1 Å². The smallest absolute Gasteiger partial charge is 0.213 e. The van der Waals surface area contributed by atoms with Crippen molar-refractivity contribution >= 4 is 29.9 Å². The maximum atomic E-state index is 5.93. The highest BCUT2D eigenvalue weighted by atomic mass is 127. The van der Waals surface area contributed by atoms with Gasteiger partial charge in [0.25, 0.3) is 0 Å². The summed E-state index contributed by atoms with van der Waals surface area (Å²) in [7, 11) is 4.07. The van der Waals surface area contributed by atoms with Crippen molar-refractivity contribution in [3.63, 3.8) is 0 Å². The van der Waals surface area contributed by atoms with E-state index in [1.807, 2.05) is 45.3 Å². The zero-order chi connectivity index (χ0) is 21.3. The van der Waals surface area contributed by atoms with E-state index in [1.165, 1.54) is 0 Å². The Bertz CT molecular complexity index is 784. The number of nitrogens with zero attached hydrogens (tertiary/aromatic N) is 3. The van der Waals surface area contributed by atoms with Crippen molar-refractivity contribution in [2.24, 2.45) is 4.99 Å². The quantitative estimate of drug-likeness (QED) is 0.293. The normalized spacial score (nSPS) is 11.9. The standard InChI is InChI=1S/C22H35N5O2.HI/c1-7-23-21(26-16-20-24-15-19(29-20)22(2,3)4)25-14-17-10-8-9-11-18(17)28-13-12-27(5)6;/h8-11,15H,7,12-14,16H2,1-6H3,(H2,23,25,26);1H. The summed E-state index contributed by atoms with van der Waals surface area (Å²) >= 11 is 0. The molecule has 0 aliphatic rings. The first-order valence-electron chi connectivity index (χ1n) is 10.1. The number of oxazole rings is 1. The van der Waals surface area contributed by atoms with E-state index < -0.39 is 0 Å². The third-order valence-corrected chi connectivity index (χ3v) is 4.22. The number of aliphatic imine (C=N–C) groups is 1. The molecule has 0 aliphatic carbocycles. The van der Waals surface area contributed by atoms with E-state index in [9.17, 15) is 0 Å². The Hall–Kier alpha value is -1.81. The molecule has 2 N–H and O–H groups in total. The van der Waals surface area contributed by atoms with Crippen molar-refractivity contribution < 1.29 is 9.15 Å². The summed E-state index contributed by atoms with van der Waals surface area (Å²) in [6.07, 6.45) is 1.79. The molecule has 0 atom stereocenters. The van der Waals surface area contributed by atoms with Crippen molar-refractivity contribution in [2.45, 2.75) is 46.2 Å². The van der Waals surface area contributed by atoms with Crippen LogP contribution in [0.4, 0.5) is 0 Å². The predicted molar refractivity (Wildman–Crippen MR) is 133 cm³/mol. The Kier molecular flexibility index (Phi) is 11.2. The van der Waals surface area contributed by atoms with Crippen LogP contribution in [0.3, 0.4) is 0 Å². The summed E-state index contributed by atoms with van der Waals surface area (Å²) < 4.78 is 11.8. The van der Waals surface area contributed by atoms with Gasteiger partial charge in [0, 0.05) is 24.1 Å². The fourth-order valence-electron chi connectivity index (χ4n) is 2.52. The average Bonchev–Trinajstić information content (AvgIpc) is 3.14. The summed E-state index contributed by atoms with van der Waals surface area (Å²) in [6, 6.07) is 8.02. The fourth-order valence-corrected chi connectivity index (χ4v) is 2.52. The molecular weight excluding hydrogens is 493 g/mol. The number of nitrogens with one attached hydrogen (secondary N) is 2. The highest BCUT2D eigenvalue weighted by molar-refractivity contribution is 14.0. The SMILES string of the molecule is CCNC(=NCc1ccccc1OCCN(C)C)NCc1ncc(C(C)(C)C)o1.I. The first-order chi connectivity index (χ1) is 13.8. The molecule has 0 saturated carbocycles. The van der Waals surface area contributed by atoms with Crippen LogP contribution < -0.4 is 15.4 Å². The molecule has 168 valence electrons. The molecule has 1 aromatic carbocycles. The van der Waals surface area contributed by atoms with E-state index in [0.717, 1.165) is 30.2 Å². The lowest BCUT2D eigenvalue weighted by atomic mass is 9.94. The van der Waals surface area contributed by atoms with E-state index in [4.69, 9.17) is 14.1 Å². The fraction of sp³-hybridized carbons (Fsp3) is 0.545. The van der Waals surface area contributed by atoms with Crippen LogP contribution in [0.15, 0.2) is 39.9 Å². The van der Waals surface area contributed by atoms with Gasteiger partial charge in [0.15, 0.2) is 5.96 Å². The van der Waals surface area contributed by atoms with Crippen LogP contribution in [0.2, 0.25) is 0 Å². The number of para-hydroxylation sites is 1. The third kappa shape index (κ3) is 8.91. The van der Waals surface area contributed by atoms with Crippen molar-refractivity contribution in [1.82, 2.24) is 20.5 Å². The van der Waals surface area contributed by atoms with Gasteiger partial charge in [-0.2, -0.15) is 0 Å². The number of benzene rings is 1. The number of aromatic nitrogens is 1. The molecule has 0 radical (unpaired) electrons. The van der Waals surface area contributed by atoms with Gasteiger partial charge >= 0.3 is 0 Å². The minimum atomic E-state index is -0.0554. The van der Waals surface area contributed by atoms with Gasteiger partial charge in [0.2, 0.25) is 5.89 Å². The topological polar surface area (TPSA) is 74.9 Å². The molecule has 0 bridgehead atoms. The molecule has 1 aromatic heterocycles. The van der Waals surface area contributed by atoms with Gasteiger partial charge in [-0.15, -0.1) is 24.0 Å². The molecule has 0 amide bonds. The molecule has 30 heavy (non-hydrogen) atoms. The summed E-state index contributed by atoms with van der Waals surface area (Å²) in [4.78, 5) is 11.2.